The number of thioether (sulfide) groups is 1. The highest BCUT2D eigenvalue weighted by Crippen LogP contribution is 2.61. The highest BCUT2D eigenvalue weighted by Gasteiger charge is 2.53. The Kier molecular flexibility index (Phi) is 3.53. The fraction of sp³-hybridized carbons (Fsp3) is 0.875. The number of nitrogens with one attached hydrogen (secondary N) is 2. The molecule has 4 saturated carbocycles. The van der Waals surface area contributed by atoms with Gasteiger partial charge >= 0.3 is 0 Å². The van der Waals surface area contributed by atoms with Crippen molar-refractivity contribution in [1.29, 1.82) is 0 Å². The molecule has 1 aromatic heterocycles. The lowest BCUT2D eigenvalue weighted by Crippen LogP contribution is -2.56. The minimum absolute atomic E-state index is 0.557. The van der Waals surface area contributed by atoms with Crippen molar-refractivity contribution in [3.63, 3.8) is 0 Å². The highest BCUT2D eigenvalue weighted by atomic mass is 32.2. The first-order chi connectivity index (χ1) is 10.2. The summed E-state index contributed by atoms with van der Waals surface area (Å²) in [7, 11) is 2.15. The van der Waals surface area contributed by atoms with Crippen molar-refractivity contribution >= 4 is 11.8 Å². The fourth-order valence-electron chi connectivity index (χ4n) is 5.72. The van der Waals surface area contributed by atoms with E-state index in [4.69, 9.17) is 0 Å². The topological polar surface area (TPSA) is 53.6 Å². The Balaban J connectivity index is 1.47. The van der Waals surface area contributed by atoms with Crippen LogP contribution in [0.2, 0.25) is 0 Å². The van der Waals surface area contributed by atoms with Crippen molar-refractivity contribution in [3.8, 4) is 0 Å². The minimum Gasteiger partial charge on any atom is -0.316 e. The molecule has 1 heterocycles. The van der Waals surface area contributed by atoms with Gasteiger partial charge in [-0.05, 0) is 75.7 Å². The van der Waals surface area contributed by atoms with Gasteiger partial charge in [0.05, 0.1) is 0 Å². The van der Waals surface area contributed by atoms with E-state index < -0.39 is 0 Å². The number of hydrogen-bond acceptors (Lipinski definition) is 4. The van der Waals surface area contributed by atoms with Gasteiger partial charge in [-0.3, -0.25) is 5.10 Å². The van der Waals surface area contributed by atoms with Crippen LogP contribution in [0.5, 0.6) is 0 Å². The van der Waals surface area contributed by atoms with Crippen LogP contribution in [0.1, 0.15) is 44.3 Å². The van der Waals surface area contributed by atoms with Crippen LogP contribution in [-0.4, -0.2) is 34.0 Å². The van der Waals surface area contributed by atoms with Crippen LogP contribution >= 0.6 is 11.8 Å². The van der Waals surface area contributed by atoms with E-state index >= 15 is 0 Å². The largest absolute Gasteiger partial charge is 0.316 e. The summed E-state index contributed by atoms with van der Waals surface area (Å²) < 4.78 is 0. The van der Waals surface area contributed by atoms with Gasteiger partial charge in [0.15, 0.2) is 0 Å². The van der Waals surface area contributed by atoms with Crippen LogP contribution in [0.4, 0.5) is 0 Å². The number of aromatic nitrogens is 3. The Hall–Kier alpha value is -0.550. The molecular formula is C16H26N4S. The van der Waals surface area contributed by atoms with Crippen molar-refractivity contribution in [2.75, 3.05) is 12.8 Å². The summed E-state index contributed by atoms with van der Waals surface area (Å²) in [5.41, 5.74) is 0.557. The smallest absolute Gasteiger partial charge is 0.208 e. The Bertz CT molecular complexity index is 477. The lowest BCUT2D eigenvalue weighted by atomic mass is 9.48. The number of H-pyrrole nitrogens is 1. The van der Waals surface area contributed by atoms with Gasteiger partial charge in [0, 0.05) is 11.8 Å². The van der Waals surface area contributed by atoms with E-state index in [0.29, 0.717) is 11.5 Å². The minimum atomic E-state index is 0.557. The van der Waals surface area contributed by atoms with E-state index in [1.165, 1.54) is 38.5 Å². The molecule has 0 radical (unpaired) electrons. The van der Waals surface area contributed by atoms with E-state index in [9.17, 15) is 0 Å². The lowest BCUT2D eigenvalue weighted by Gasteiger charge is -2.59. The summed E-state index contributed by atoms with van der Waals surface area (Å²) in [4.78, 5) is 4.43. The third-order valence-corrected chi connectivity index (χ3v) is 7.07. The molecule has 1 aromatic rings. The summed E-state index contributed by atoms with van der Waals surface area (Å²) in [6.45, 7) is 1.96. The van der Waals surface area contributed by atoms with Crippen LogP contribution in [0.3, 0.4) is 0 Å². The summed E-state index contributed by atoms with van der Waals surface area (Å²) in [6, 6.07) is 0.606. The first-order valence-electron chi connectivity index (χ1n) is 8.36. The predicted molar refractivity (Wildman–Crippen MR) is 85.3 cm³/mol. The summed E-state index contributed by atoms with van der Waals surface area (Å²) in [5.74, 6) is 5.06. The summed E-state index contributed by atoms with van der Waals surface area (Å²) >= 11 is 1.81. The van der Waals surface area contributed by atoms with E-state index in [-0.39, 0.29) is 0 Å². The predicted octanol–water partition coefficient (Wildman–Crippen LogP) is 3.01. The molecule has 0 aromatic carbocycles. The third-order valence-electron chi connectivity index (χ3n) is 6.13. The van der Waals surface area contributed by atoms with Crippen LogP contribution in [0.25, 0.3) is 0 Å². The standard InChI is InChI=1S/C16H26N4S/c1-10-18-15(20-19-10)21-9-14(17-2)16-6-11-3-12(7-16)5-13(4-11)8-16/h11-14,17H,3-9H2,1-2H3,(H,18,19,20). The van der Waals surface area contributed by atoms with Crippen LogP contribution in [0, 0.1) is 30.1 Å². The molecule has 0 saturated heterocycles. The first-order valence-corrected chi connectivity index (χ1v) is 9.34. The molecule has 0 aliphatic heterocycles. The quantitative estimate of drug-likeness (QED) is 0.821. The zero-order chi connectivity index (χ0) is 14.4. The molecule has 4 bridgehead atoms. The molecule has 0 spiro atoms. The zero-order valence-corrected chi connectivity index (χ0v) is 13.9. The van der Waals surface area contributed by atoms with Gasteiger partial charge in [-0.2, -0.15) is 0 Å². The molecule has 5 rings (SSSR count). The molecule has 5 heteroatoms. The van der Waals surface area contributed by atoms with E-state index in [0.717, 1.165) is 34.5 Å². The van der Waals surface area contributed by atoms with Gasteiger partial charge in [-0.1, -0.05) is 11.8 Å². The van der Waals surface area contributed by atoms with Crippen LogP contribution < -0.4 is 5.32 Å². The van der Waals surface area contributed by atoms with E-state index in [1.54, 1.807) is 11.8 Å². The van der Waals surface area contributed by atoms with Gasteiger partial charge in [0.2, 0.25) is 5.16 Å². The highest BCUT2D eigenvalue weighted by molar-refractivity contribution is 7.99. The molecule has 1 atom stereocenters. The van der Waals surface area contributed by atoms with Crippen molar-refractivity contribution in [1.82, 2.24) is 20.5 Å². The second kappa shape index (κ2) is 5.27. The zero-order valence-electron chi connectivity index (χ0n) is 13.1. The van der Waals surface area contributed by atoms with Gasteiger partial charge in [-0.15, -0.1) is 5.10 Å². The number of aryl methyl sites for hydroxylation is 1. The van der Waals surface area contributed by atoms with Crippen molar-refractivity contribution in [3.05, 3.63) is 5.82 Å². The third kappa shape index (κ3) is 2.52. The maximum absolute atomic E-state index is 4.43. The van der Waals surface area contributed by atoms with Crippen molar-refractivity contribution in [2.24, 2.45) is 23.2 Å². The second-order valence-corrected chi connectivity index (χ2v) is 8.62. The van der Waals surface area contributed by atoms with Gasteiger partial charge in [-0.25, -0.2) is 4.98 Å². The van der Waals surface area contributed by atoms with Crippen molar-refractivity contribution in [2.45, 2.75) is 56.6 Å². The molecular weight excluding hydrogens is 280 g/mol. The van der Waals surface area contributed by atoms with Gasteiger partial charge < -0.3 is 5.32 Å². The Morgan fingerprint density at radius 3 is 2.33 bits per heavy atom. The number of aromatic amines is 1. The van der Waals surface area contributed by atoms with E-state index in [1.807, 2.05) is 6.92 Å². The lowest BCUT2D eigenvalue weighted by molar-refractivity contribution is -0.0682. The maximum atomic E-state index is 4.43. The second-order valence-electron chi connectivity index (χ2n) is 7.64. The van der Waals surface area contributed by atoms with Crippen LogP contribution in [0.15, 0.2) is 5.16 Å². The Morgan fingerprint density at radius 1 is 1.24 bits per heavy atom. The summed E-state index contributed by atoms with van der Waals surface area (Å²) in [5, 5.41) is 11.8. The average Bonchev–Trinajstić information content (AvgIpc) is 2.83. The molecule has 0 amide bonds. The van der Waals surface area contributed by atoms with Gasteiger partial charge in [0.1, 0.15) is 5.82 Å². The van der Waals surface area contributed by atoms with E-state index in [2.05, 4.69) is 27.5 Å². The molecule has 1 unspecified atom stereocenters. The molecule has 4 aliphatic carbocycles. The molecule has 4 nitrogen and oxygen atoms in total. The van der Waals surface area contributed by atoms with Crippen LogP contribution in [-0.2, 0) is 0 Å². The molecule has 21 heavy (non-hydrogen) atoms. The fourth-order valence-corrected chi connectivity index (χ4v) is 6.86. The SMILES string of the molecule is CNC(CSc1n[nH]c(C)n1)C12CC3CC(CC(C3)C1)C2. The number of nitrogens with zero attached hydrogens (tertiary/aromatic N) is 2. The monoisotopic (exact) mass is 306 g/mol. The molecule has 4 aliphatic rings. The number of hydrogen-bond donors (Lipinski definition) is 2. The first kappa shape index (κ1) is 14.1. The Morgan fingerprint density at radius 2 is 1.86 bits per heavy atom. The molecule has 116 valence electrons. The summed E-state index contributed by atoms with van der Waals surface area (Å²) in [6.07, 6.45) is 8.92. The Labute approximate surface area is 131 Å². The van der Waals surface area contributed by atoms with Gasteiger partial charge in [0.25, 0.3) is 0 Å². The number of rotatable bonds is 5. The molecule has 4 fully saturated rings. The normalized spacial score (nSPS) is 38.9. The molecule has 2 N–H and O–H groups in total. The average molecular weight is 306 g/mol. The van der Waals surface area contributed by atoms with Crippen molar-refractivity contribution < 1.29 is 0 Å². The maximum Gasteiger partial charge on any atom is 0.208 e.